The van der Waals surface area contributed by atoms with Crippen molar-refractivity contribution >= 4 is 28.5 Å². The zero-order valence-electron chi connectivity index (χ0n) is 15.3. The number of methoxy groups -OCH3 is 1. The van der Waals surface area contributed by atoms with Crippen LogP contribution < -0.4 is 10.1 Å². The Morgan fingerprint density at radius 3 is 2.71 bits per heavy atom. The molecule has 3 aromatic rings. The molecule has 2 aromatic carbocycles. The predicted octanol–water partition coefficient (Wildman–Crippen LogP) is 3.30. The number of pyridine rings is 1. The predicted molar refractivity (Wildman–Crippen MR) is 103 cm³/mol. The summed E-state index contributed by atoms with van der Waals surface area (Å²) in [6, 6.07) is 17.0. The van der Waals surface area contributed by atoms with Crippen molar-refractivity contribution in [3.05, 3.63) is 65.9 Å². The van der Waals surface area contributed by atoms with Crippen LogP contribution >= 0.6 is 0 Å². The third-order valence-corrected chi connectivity index (χ3v) is 4.02. The lowest BCUT2D eigenvalue weighted by Gasteiger charge is -2.13. The second-order valence-electron chi connectivity index (χ2n) is 5.98. The molecule has 28 heavy (non-hydrogen) atoms. The fraction of sp³-hybridized carbons (Fsp3) is 0.143. The van der Waals surface area contributed by atoms with Crippen LogP contribution in [0.1, 0.15) is 23.0 Å². The Morgan fingerprint density at radius 2 is 1.96 bits per heavy atom. The number of amides is 1. The number of fused-ring (bicyclic) bond motifs is 1. The molecule has 140 valence electrons. The van der Waals surface area contributed by atoms with Crippen LogP contribution in [0.5, 0.6) is 5.75 Å². The zero-order chi connectivity index (χ0) is 20.1. The molecule has 0 unspecified atom stereocenters. The third kappa shape index (κ3) is 4.24. The molecular formula is C21H17N3O4. The minimum Gasteiger partial charge on any atom is -0.497 e. The van der Waals surface area contributed by atoms with E-state index < -0.39 is 18.0 Å². The molecule has 3 rings (SSSR count). The minimum atomic E-state index is -1.04. The highest BCUT2D eigenvalue weighted by Crippen LogP contribution is 2.20. The number of nitrogens with one attached hydrogen (secondary N) is 1. The molecule has 0 bridgehead atoms. The van der Waals surface area contributed by atoms with E-state index in [0.717, 1.165) is 5.39 Å². The molecule has 0 spiro atoms. The monoisotopic (exact) mass is 375 g/mol. The fourth-order valence-electron chi connectivity index (χ4n) is 2.53. The van der Waals surface area contributed by atoms with Crippen molar-refractivity contribution < 1.29 is 19.1 Å². The molecule has 1 aromatic heterocycles. The second-order valence-corrected chi connectivity index (χ2v) is 5.98. The maximum atomic E-state index is 12.3. The number of rotatable bonds is 5. The third-order valence-electron chi connectivity index (χ3n) is 4.02. The standard InChI is InChI=1S/C21H17N3O4/c1-13(20(25)23-16-5-3-4-14(10-16)12-22)28-21(26)19-8-6-15-11-17(27-2)7-9-18(15)24-19/h3-11,13H,1-2H3,(H,23,25)/t13-/m0/s1. The maximum Gasteiger partial charge on any atom is 0.357 e. The number of hydrogen-bond donors (Lipinski definition) is 1. The van der Waals surface area contributed by atoms with Gasteiger partial charge in [-0.1, -0.05) is 12.1 Å². The van der Waals surface area contributed by atoms with E-state index in [0.29, 0.717) is 22.5 Å². The molecule has 1 N–H and O–H groups in total. The van der Waals surface area contributed by atoms with Crippen molar-refractivity contribution in [2.75, 3.05) is 12.4 Å². The molecule has 7 nitrogen and oxygen atoms in total. The van der Waals surface area contributed by atoms with Gasteiger partial charge >= 0.3 is 5.97 Å². The molecule has 0 aliphatic carbocycles. The van der Waals surface area contributed by atoms with Gasteiger partial charge in [0.15, 0.2) is 6.10 Å². The summed E-state index contributed by atoms with van der Waals surface area (Å²) in [5.74, 6) is -0.518. The summed E-state index contributed by atoms with van der Waals surface area (Å²) in [5.41, 5.74) is 1.58. The van der Waals surface area contributed by atoms with E-state index in [9.17, 15) is 9.59 Å². The molecule has 1 atom stereocenters. The Kier molecular flexibility index (Phi) is 5.51. The molecule has 1 amide bonds. The molecule has 0 saturated heterocycles. The number of ether oxygens (including phenoxy) is 2. The van der Waals surface area contributed by atoms with Gasteiger partial charge in [0.2, 0.25) is 0 Å². The largest absolute Gasteiger partial charge is 0.497 e. The highest BCUT2D eigenvalue weighted by Gasteiger charge is 2.20. The first-order valence-corrected chi connectivity index (χ1v) is 8.47. The first-order valence-electron chi connectivity index (χ1n) is 8.47. The van der Waals surface area contributed by atoms with Crippen LogP contribution in [-0.4, -0.2) is 30.1 Å². The van der Waals surface area contributed by atoms with Crippen LogP contribution in [0.25, 0.3) is 10.9 Å². The lowest BCUT2D eigenvalue weighted by atomic mass is 10.2. The zero-order valence-corrected chi connectivity index (χ0v) is 15.3. The van der Waals surface area contributed by atoms with E-state index in [2.05, 4.69) is 10.3 Å². The summed E-state index contributed by atoms with van der Waals surface area (Å²) < 4.78 is 10.4. The van der Waals surface area contributed by atoms with Crippen LogP contribution in [0.4, 0.5) is 5.69 Å². The summed E-state index contributed by atoms with van der Waals surface area (Å²) in [7, 11) is 1.57. The highest BCUT2D eigenvalue weighted by molar-refractivity contribution is 5.97. The number of hydrogen-bond acceptors (Lipinski definition) is 6. The first-order chi connectivity index (χ1) is 13.5. The molecular weight excluding hydrogens is 358 g/mol. The summed E-state index contributed by atoms with van der Waals surface area (Å²) in [6.45, 7) is 1.47. The lowest BCUT2D eigenvalue weighted by molar-refractivity contribution is -0.123. The van der Waals surface area contributed by atoms with E-state index in [1.54, 1.807) is 43.5 Å². The number of carbonyl (C=O) groups is 2. The van der Waals surface area contributed by atoms with Crippen molar-refractivity contribution in [3.8, 4) is 11.8 Å². The molecule has 0 aliphatic heterocycles. The number of esters is 1. The SMILES string of the molecule is COc1ccc2nc(C(=O)O[C@@H](C)C(=O)Nc3cccc(C#N)c3)ccc2c1. The fourth-order valence-corrected chi connectivity index (χ4v) is 2.53. The smallest absolute Gasteiger partial charge is 0.357 e. The second kappa shape index (κ2) is 8.18. The summed E-state index contributed by atoms with van der Waals surface area (Å²) >= 11 is 0. The van der Waals surface area contributed by atoms with Crippen LogP contribution in [0.3, 0.4) is 0 Å². The number of aromatic nitrogens is 1. The average molecular weight is 375 g/mol. The van der Waals surface area contributed by atoms with E-state index in [1.807, 2.05) is 12.1 Å². The quantitative estimate of drug-likeness (QED) is 0.687. The van der Waals surface area contributed by atoms with Gasteiger partial charge in [0.25, 0.3) is 5.91 Å². The maximum absolute atomic E-state index is 12.3. The van der Waals surface area contributed by atoms with E-state index in [1.165, 1.54) is 19.1 Å². The van der Waals surface area contributed by atoms with Gasteiger partial charge in [0, 0.05) is 11.1 Å². The van der Waals surface area contributed by atoms with Gasteiger partial charge in [-0.05, 0) is 49.4 Å². The number of benzene rings is 2. The molecule has 0 fully saturated rings. The number of carbonyl (C=O) groups excluding carboxylic acids is 2. The van der Waals surface area contributed by atoms with Crippen LogP contribution in [0.15, 0.2) is 54.6 Å². The topological polar surface area (TPSA) is 101 Å². The lowest BCUT2D eigenvalue weighted by Crippen LogP contribution is -2.30. The van der Waals surface area contributed by atoms with E-state index in [4.69, 9.17) is 14.7 Å². The van der Waals surface area contributed by atoms with Crippen molar-refractivity contribution in [2.24, 2.45) is 0 Å². The van der Waals surface area contributed by atoms with Crippen LogP contribution in [0, 0.1) is 11.3 Å². The Labute approximate surface area is 161 Å². The number of anilines is 1. The number of nitriles is 1. The Morgan fingerprint density at radius 1 is 1.14 bits per heavy atom. The summed E-state index contributed by atoms with van der Waals surface area (Å²) in [6.07, 6.45) is -1.04. The Balaban J connectivity index is 1.68. The minimum absolute atomic E-state index is 0.101. The molecule has 7 heteroatoms. The van der Waals surface area contributed by atoms with Gasteiger partial charge in [-0.25, -0.2) is 9.78 Å². The summed E-state index contributed by atoms with van der Waals surface area (Å²) in [4.78, 5) is 28.9. The van der Waals surface area contributed by atoms with Gasteiger partial charge in [-0.15, -0.1) is 0 Å². The molecule has 0 radical (unpaired) electrons. The van der Waals surface area contributed by atoms with E-state index >= 15 is 0 Å². The molecule has 0 aliphatic rings. The Bertz CT molecular complexity index is 1090. The molecule has 0 saturated carbocycles. The van der Waals surface area contributed by atoms with Crippen molar-refractivity contribution in [1.29, 1.82) is 5.26 Å². The normalized spacial score (nSPS) is 11.3. The van der Waals surface area contributed by atoms with E-state index in [-0.39, 0.29) is 5.69 Å². The first kappa shape index (κ1) is 18.9. The summed E-state index contributed by atoms with van der Waals surface area (Å²) in [5, 5.41) is 12.3. The van der Waals surface area contributed by atoms with Gasteiger partial charge in [0.1, 0.15) is 11.4 Å². The van der Waals surface area contributed by atoms with Crippen molar-refractivity contribution in [1.82, 2.24) is 4.98 Å². The van der Waals surface area contributed by atoms with Gasteiger partial charge in [-0.3, -0.25) is 4.79 Å². The van der Waals surface area contributed by atoms with Crippen molar-refractivity contribution in [2.45, 2.75) is 13.0 Å². The highest BCUT2D eigenvalue weighted by atomic mass is 16.5. The Hall–Kier alpha value is -3.92. The average Bonchev–Trinajstić information content (AvgIpc) is 2.72. The molecule has 1 heterocycles. The van der Waals surface area contributed by atoms with Crippen molar-refractivity contribution in [3.63, 3.8) is 0 Å². The van der Waals surface area contributed by atoms with Gasteiger partial charge in [0.05, 0.1) is 24.3 Å². The van der Waals surface area contributed by atoms with Crippen LogP contribution in [0.2, 0.25) is 0 Å². The van der Waals surface area contributed by atoms with Crippen LogP contribution in [-0.2, 0) is 9.53 Å². The van der Waals surface area contributed by atoms with Gasteiger partial charge < -0.3 is 14.8 Å². The number of nitrogens with zero attached hydrogens (tertiary/aromatic N) is 2. The van der Waals surface area contributed by atoms with Gasteiger partial charge in [-0.2, -0.15) is 5.26 Å².